The highest BCUT2D eigenvalue weighted by atomic mass is 35.5. The lowest BCUT2D eigenvalue weighted by Gasteiger charge is -1.98. The average Bonchev–Trinajstić information content (AvgIpc) is 3.13. The maximum absolute atomic E-state index is 11.7. The Balaban J connectivity index is 2.04. The van der Waals surface area contributed by atoms with Gasteiger partial charge in [0.25, 0.3) is 0 Å². The van der Waals surface area contributed by atoms with Gasteiger partial charge in [-0.15, -0.1) is 11.6 Å². The van der Waals surface area contributed by atoms with E-state index in [0.29, 0.717) is 12.3 Å². The van der Waals surface area contributed by atoms with Crippen LogP contribution in [0.1, 0.15) is 35.2 Å². The van der Waals surface area contributed by atoms with Gasteiger partial charge in [-0.1, -0.05) is 24.0 Å². The molecule has 0 N–H and O–H groups in total. The van der Waals surface area contributed by atoms with Crippen LogP contribution >= 0.6 is 11.6 Å². The number of halogens is 1. The smallest absolute Gasteiger partial charge is 0.165 e. The molecule has 0 spiro atoms. The first-order chi connectivity index (χ1) is 7.81. The Morgan fingerprint density at radius 1 is 1.31 bits per heavy atom. The van der Waals surface area contributed by atoms with Crippen molar-refractivity contribution in [3.63, 3.8) is 0 Å². The Morgan fingerprint density at radius 2 is 2.00 bits per heavy atom. The highest BCUT2D eigenvalue weighted by molar-refractivity contribution is 6.18. The van der Waals surface area contributed by atoms with Gasteiger partial charge in [-0.05, 0) is 25.0 Å². The van der Waals surface area contributed by atoms with E-state index in [1.807, 2.05) is 24.3 Å². The van der Waals surface area contributed by atoms with Gasteiger partial charge in [0.2, 0.25) is 0 Å². The zero-order chi connectivity index (χ0) is 11.4. The number of carbonyl (C=O) groups excluding carboxylic acids is 1. The highest BCUT2D eigenvalue weighted by Gasteiger charge is 2.30. The van der Waals surface area contributed by atoms with Crippen molar-refractivity contribution in [2.75, 3.05) is 5.88 Å². The number of Topliss-reactive ketones (excluding diaryl/α,β-unsaturated/α-hetero) is 1. The van der Waals surface area contributed by atoms with Crippen LogP contribution in [0.3, 0.4) is 0 Å². The Labute approximate surface area is 101 Å². The average molecular weight is 233 g/mol. The topological polar surface area (TPSA) is 17.1 Å². The molecule has 0 aromatic heterocycles. The zero-order valence-electron chi connectivity index (χ0n) is 9.00. The maximum Gasteiger partial charge on any atom is 0.165 e. The molecule has 1 saturated carbocycles. The van der Waals surface area contributed by atoms with Crippen molar-refractivity contribution >= 4 is 17.4 Å². The number of ketones is 1. The molecule has 1 aliphatic rings. The lowest BCUT2D eigenvalue weighted by atomic mass is 10.1. The van der Waals surface area contributed by atoms with Crippen LogP contribution in [-0.2, 0) is 0 Å². The summed E-state index contributed by atoms with van der Waals surface area (Å²) in [6.45, 7) is 0. The molecule has 0 atom stereocenters. The second-order valence-corrected chi connectivity index (χ2v) is 4.33. The number of carbonyl (C=O) groups is 1. The first-order valence-electron chi connectivity index (χ1n) is 5.50. The molecule has 0 aliphatic heterocycles. The molecule has 0 unspecified atom stereocenters. The highest BCUT2D eigenvalue weighted by Crippen LogP contribution is 2.32. The lowest BCUT2D eigenvalue weighted by molar-refractivity contribution is 0.0967. The van der Waals surface area contributed by atoms with Gasteiger partial charge >= 0.3 is 0 Å². The summed E-state index contributed by atoms with van der Waals surface area (Å²) in [5.74, 6) is 7.10. The zero-order valence-corrected chi connectivity index (χ0v) is 9.76. The minimum absolute atomic E-state index is 0.278. The molecule has 1 fully saturated rings. The van der Waals surface area contributed by atoms with Crippen molar-refractivity contribution in [3.8, 4) is 11.8 Å². The van der Waals surface area contributed by atoms with E-state index in [1.54, 1.807) is 0 Å². The number of alkyl halides is 1. The molecule has 2 heteroatoms. The Kier molecular flexibility index (Phi) is 3.64. The Bertz CT molecular complexity index is 432. The fourth-order valence-electron chi connectivity index (χ4n) is 1.51. The summed E-state index contributed by atoms with van der Waals surface area (Å²) < 4.78 is 0. The van der Waals surface area contributed by atoms with Crippen LogP contribution in [0.15, 0.2) is 24.3 Å². The van der Waals surface area contributed by atoms with Crippen molar-refractivity contribution in [3.05, 3.63) is 35.4 Å². The van der Waals surface area contributed by atoms with Gasteiger partial charge in [0.1, 0.15) is 0 Å². The number of benzene rings is 1. The standard InChI is InChI=1S/C14H13ClO/c15-10-2-1-3-11-4-6-12(7-5-11)14(16)13-8-9-13/h4-7,13H,2,8-10H2. The molecule has 1 nitrogen and oxygen atoms in total. The fraction of sp³-hybridized carbons (Fsp3) is 0.357. The molecule has 1 aromatic rings. The molecule has 1 aliphatic carbocycles. The quantitative estimate of drug-likeness (QED) is 0.444. The van der Waals surface area contributed by atoms with E-state index in [4.69, 9.17) is 11.6 Å². The van der Waals surface area contributed by atoms with Crippen LogP contribution in [0.4, 0.5) is 0 Å². The van der Waals surface area contributed by atoms with Gasteiger partial charge in [-0.25, -0.2) is 0 Å². The van der Waals surface area contributed by atoms with Gasteiger partial charge in [-0.3, -0.25) is 4.79 Å². The third kappa shape index (κ3) is 2.87. The SMILES string of the molecule is O=C(c1ccc(C#CCCCl)cc1)C1CC1. The fourth-order valence-corrected chi connectivity index (χ4v) is 1.61. The summed E-state index contributed by atoms with van der Waals surface area (Å²) in [5.41, 5.74) is 1.75. The molecule has 0 saturated heterocycles. The largest absolute Gasteiger partial charge is 0.294 e. The molecule has 82 valence electrons. The predicted molar refractivity (Wildman–Crippen MR) is 65.7 cm³/mol. The van der Waals surface area contributed by atoms with Gasteiger partial charge < -0.3 is 0 Å². The summed E-state index contributed by atoms with van der Waals surface area (Å²) in [6, 6.07) is 7.53. The normalized spacial score (nSPS) is 14.1. The van der Waals surface area contributed by atoms with E-state index in [1.165, 1.54) is 0 Å². The van der Waals surface area contributed by atoms with Crippen LogP contribution in [-0.4, -0.2) is 11.7 Å². The van der Waals surface area contributed by atoms with Gasteiger partial charge in [0.15, 0.2) is 5.78 Å². The van der Waals surface area contributed by atoms with Crippen molar-refractivity contribution in [1.82, 2.24) is 0 Å². The minimum Gasteiger partial charge on any atom is -0.294 e. The molecule has 0 radical (unpaired) electrons. The molecule has 0 bridgehead atoms. The maximum atomic E-state index is 11.7. The van der Waals surface area contributed by atoms with Crippen molar-refractivity contribution in [2.45, 2.75) is 19.3 Å². The summed E-state index contributed by atoms with van der Waals surface area (Å²) >= 11 is 5.53. The summed E-state index contributed by atoms with van der Waals surface area (Å²) in [5, 5.41) is 0. The number of hydrogen-bond acceptors (Lipinski definition) is 1. The third-order valence-electron chi connectivity index (χ3n) is 2.57. The van der Waals surface area contributed by atoms with E-state index in [9.17, 15) is 4.79 Å². The minimum atomic E-state index is 0.278. The van der Waals surface area contributed by atoms with E-state index in [0.717, 1.165) is 24.0 Å². The van der Waals surface area contributed by atoms with Gasteiger partial charge in [0, 0.05) is 29.3 Å². The number of hydrogen-bond donors (Lipinski definition) is 0. The molecular weight excluding hydrogens is 220 g/mol. The van der Waals surface area contributed by atoms with Crippen molar-refractivity contribution < 1.29 is 4.79 Å². The van der Waals surface area contributed by atoms with E-state index < -0.39 is 0 Å². The first kappa shape index (κ1) is 11.2. The second-order valence-electron chi connectivity index (χ2n) is 3.96. The van der Waals surface area contributed by atoms with E-state index in [2.05, 4.69) is 11.8 Å². The van der Waals surface area contributed by atoms with Crippen LogP contribution in [0.25, 0.3) is 0 Å². The Hall–Kier alpha value is -1.26. The Morgan fingerprint density at radius 3 is 2.56 bits per heavy atom. The predicted octanol–water partition coefficient (Wildman–Crippen LogP) is 3.26. The second kappa shape index (κ2) is 5.18. The van der Waals surface area contributed by atoms with Crippen LogP contribution < -0.4 is 0 Å². The first-order valence-corrected chi connectivity index (χ1v) is 6.04. The van der Waals surface area contributed by atoms with E-state index in [-0.39, 0.29) is 11.7 Å². The summed E-state index contributed by atoms with van der Waals surface area (Å²) in [4.78, 5) is 11.7. The van der Waals surface area contributed by atoms with Crippen molar-refractivity contribution in [1.29, 1.82) is 0 Å². The van der Waals surface area contributed by atoms with Gasteiger partial charge in [-0.2, -0.15) is 0 Å². The number of rotatable bonds is 3. The van der Waals surface area contributed by atoms with Crippen LogP contribution in [0, 0.1) is 17.8 Å². The van der Waals surface area contributed by atoms with E-state index >= 15 is 0 Å². The molecule has 1 aromatic carbocycles. The van der Waals surface area contributed by atoms with Crippen LogP contribution in [0.2, 0.25) is 0 Å². The summed E-state index contributed by atoms with van der Waals surface area (Å²) in [6.07, 6.45) is 2.80. The van der Waals surface area contributed by atoms with Gasteiger partial charge in [0.05, 0.1) is 0 Å². The molecule has 16 heavy (non-hydrogen) atoms. The molecular formula is C14H13ClO. The lowest BCUT2D eigenvalue weighted by Crippen LogP contribution is -2.00. The van der Waals surface area contributed by atoms with Crippen molar-refractivity contribution in [2.24, 2.45) is 5.92 Å². The van der Waals surface area contributed by atoms with Crippen LogP contribution in [0.5, 0.6) is 0 Å². The molecule has 0 amide bonds. The molecule has 2 rings (SSSR count). The third-order valence-corrected chi connectivity index (χ3v) is 2.76. The summed E-state index contributed by atoms with van der Waals surface area (Å²) in [7, 11) is 0. The monoisotopic (exact) mass is 232 g/mol. The molecule has 0 heterocycles.